The fraction of sp³-hybridized carbons (Fsp3) is 1.00. The quantitative estimate of drug-likeness (QED) is 0.323. The third-order valence-electron chi connectivity index (χ3n) is 1.33. The zero-order chi connectivity index (χ0) is 7.44. The Balaban J connectivity index is 3.68. The van der Waals surface area contributed by atoms with Crippen molar-refractivity contribution in [3.8, 4) is 0 Å². The van der Waals surface area contributed by atoms with E-state index in [0.717, 1.165) is 0 Å². The van der Waals surface area contributed by atoms with Crippen molar-refractivity contribution in [3.05, 3.63) is 0 Å². The van der Waals surface area contributed by atoms with Crippen molar-refractivity contribution in [2.24, 2.45) is 0 Å². The van der Waals surface area contributed by atoms with Crippen LogP contribution >= 0.6 is 11.1 Å². The van der Waals surface area contributed by atoms with Gasteiger partial charge in [0.2, 0.25) is 0 Å². The zero-order valence-corrected chi connectivity index (χ0v) is 8.73. The molecule has 0 aromatic carbocycles. The Hall–Kier alpha value is 0.427. The summed E-state index contributed by atoms with van der Waals surface area (Å²) in [4.78, 5) is 4.30. The minimum Gasteiger partial charge on any atom is -0.296 e. The highest BCUT2D eigenvalue weighted by Gasteiger charge is 2.11. The largest absolute Gasteiger partial charge is 0.296 e. The van der Waals surface area contributed by atoms with E-state index in [1.165, 1.54) is 0 Å². The van der Waals surface area contributed by atoms with E-state index in [1.807, 2.05) is 0 Å². The van der Waals surface area contributed by atoms with Crippen molar-refractivity contribution >= 4 is 19.9 Å². The van der Waals surface area contributed by atoms with E-state index >= 15 is 0 Å². The van der Waals surface area contributed by atoms with Gasteiger partial charge in [-0.05, 0) is 28.2 Å². The minimum atomic E-state index is -0.443. The van der Waals surface area contributed by atoms with Crippen molar-refractivity contribution in [2.75, 3.05) is 28.2 Å². The molecule has 0 saturated carbocycles. The monoisotopic (exact) mass is 166 g/mol. The molecule has 0 N–H and O–H groups in total. The highest BCUT2D eigenvalue weighted by atomic mass is 35.6. The lowest BCUT2D eigenvalue weighted by atomic mass is 10.8. The van der Waals surface area contributed by atoms with Crippen molar-refractivity contribution in [1.82, 2.24) is 9.80 Å². The van der Waals surface area contributed by atoms with Crippen molar-refractivity contribution in [2.45, 2.75) is 5.79 Å². The van der Waals surface area contributed by atoms with Crippen LogP contribution in [0.1, 0.15) is 0 Å². The molecule has 0 aromatic heterocycles. The molecule has 0 bridgehead atoms. The van der Waals surface area contributed by atoms with Gasteiger partial charge in [0.25, 0.3) is 0 Å². The Labute approximate surface area is 64.3 Å². The number of rotatable bonds is 3. The van der Waals surface area contributed by atoms with Gasteiger partial charge >= 0.3 is 0 Å². The Morgan fingerprint density at radius 1 is 1.11 bits per heavy atom. The summed E-state index contributed by atoms with van der Waals surface area (Å²) in [5, 5.41) is 0. The second-order valence-corrected chi connectivity index (χ2v) is 4.53. The van der Waals surface area contributed by atoms with Gasteiger partial charge in [0, 0.05) is 0 Å². The standard InChI is InChI=1S/C5H15ClN2Si/c1-7(2)5(9-6)8(3)4/h5H,9H2,1-4H3. The lowest BCUT2D eigenvalue weighted by molar-refractivity contribution is 0.203. The van der Waals surface area contributed by atoms with Crippen LogP contribution in [0.3, 0.4) is 0 Å². The summed E-state index contributed by atoms with van der Waals surface area (Å²) in [5.74, 6) is 0.492. The van der Waals surface area contributed by atoms with E-state index in [1.54, 1.807) is 0 Å². The topological polar surface area (TPSA) is 6.48 Å². The normalized spacial score (nSPS) is 13.3. The first-order valence-corrected chi connectivity index (χ1v) is 5.94. The molecule has 0 atom stereocenters. The molecule has 0 radical (unpaired) electrons. The summed E-state index contributed by atoms with van der Waals surface area (Å²) < 4.78 is 0. The first-order chi connectivity index (χ1) is 4.09. The maximum Gasteiger partial charge on any atom is 0.160 e. The molecule has 2 nitrogen and oxygen atoms in total. The molecule has 0 aliphatic rings. The molecule has 0 amide bonds. The Bertz CT molecular complexity index is 69.4. The van der Waals surface area contributed by atoms with Gasteiger partial charge in [-0.2, -0.15) is 11.1 Å². The summed E-state index contributed by atoms with van der Waals surface area (Å²) in [5.41, 5.74) is 0. The average Bonchev–Trinajstić information content (AvgIpc) is 1.64. The number of halogens is 1. The van der Waals surface area contributed by atoms with Crippen LogP contribution in [0, 0.1) is 0 Å². The van der Waals surface area contributed by atoms with Crippen LogP contribution in [0.5, 0.6) is 0 Å². The number of hydrogen-bond acceptors (Lipinski definition) is 2. The van der Waals surface area contributed by atoms with Crippen LogP contribution in [-0.4, -0.2) is 52.6 Å². The second kappa shape index (κ2) is 4.28. The minimum absolute atomic E-state index is 0.443. The van der Waals surface area contributed by atoms with Crippen LogP contribution in [0.2, 0.25) is 0 Å². The van der Waals surface area contributed by atoms with E-state index in [4.69, 9.17) is 11.1 Å². The molecular weight excluding hydrogens is 152 g/mol. The van der Waals surface area contributed by atoms with Gasteiger partial charge in [-0.3, -0.25) is 9.80 Å². The molecule has 9 heavy (non-hydrogen) atoms. The highest BCUT2D eigenvalue weighted by Crippen LogP contribution is 1.95. The summed E-state index contributed by atoms with van der Waals surface area (Å²) in [6, 6.07) is 0. The summed E-state index contributed by atoms with van der Waals surface area (Å²) in [7, 11) is 7.78. The number of hydrogen-bond donors (Lipinski definition) is 0. The van der Waals surface area contributed by atoms with Crippen molar-refractivity contribution in [3.63, 3.8) is 0 Å². The Kier molecular flexibility index (Phi) is 4.48. The molecule has 56 valence electrons. The lowest BCUT2D eigenvalue weighted by Gasteiger charge is -2.27. The van der Waals surface area contributed by atoms with Crippen LogP contribution in [-0.2, 0) is 0 Å². The van der Waals surface area contributed by atoms with Gasteiger partial charge in [0.15, 0.2) is 8.83 Å². The molecule has 0 aromatic rings. The first kappa shape index (κ1) is 9.43. The van der Waals surface area contributed by atoms with E-state index in [0.29, 0.717) is 5.79 Å². The molecule has 0 aliphatic carbocycles. The molecular formula is C5H15ClN2Si. The predicted molar refractivity (Wildman–Crippen MR) is 45.6 cm³/mol. The molecule has 0 saturated heterocycles. The summed E-state index contributed by atoms with van der Waals surface area (Å²) >= 11 is 5.81. The molecule has 0 unspecified atom stereocenters. The van der Waals surface area contributed by atoms with E-state index < -0.39 is 8.83 Å². The van der Waals surface area contributed by atoms with Gasteiger partial charge in [0.1, 0.15) is 0 Å². The van der Waals surface area contributed by atoms with Crippen molar-refractivity contribution in [1.29, 1.82) is 0 Å². The molecule has 0 heterocycles. The fourth-order valence-corrected chi connectivity index (χ4v) is 2.95. The van der Waals surface area contributed by atoms with Gasteiger partial charge in [0.05, 0.1) is 5.79 Å². The van der Waals surface area contributed by atoms with E-state index in [-0.39, 0.29) is 0 Å². The maximum atomic E-state index is 5.81. The SMILES string of the molecule is CN(C)C([SiH2]Cl)N(C)C. The highest BCUT2D eigenvalue weighted by molar-refractivity contribution is 6.94. The Morgan fingerprint density at radius 2 is 1.44 bits per heavy atom. The van der Waals surface area contributed by atoms with Crippen LogP contribution in [0.15, 0.2) is 0 Å². The fourth-order valence-electron chi connectivity index (χ4n) is 0.738. The molecule has 0 rings (SSSR count). The molecule has 4 heteroatoms. The van der Waals surface area contributed by atoms with Crippen molar-refractivity contribution < 1.29 is 0 Å². The lowest BCUT2D eigenvalue weighted by Crippen LogP contribution is -2.43. The molecule has 0 aliphatic heterocycles. The van der Waals surface area contributed by atoms with E-state index in [9.17, 15) is 0 Å². The van der Waals surface area contributed by atoms with Crippen LogP contribution in [0.4, 0.5) is 0 Å². The molecule has 0 fully saturated rings. The first-order valence-electron chi connectivity index (χ1n) is 2.98. The third-order valence-corrected chi connectivity index (χ3v) is 3.89. The van der Waals surface area contributed by atoms with Crippen LogP contribution < -0.4 is 0 Å². The average molecular weight is 167 g/mol. The summed E-state index contributed by atoms with van der Waals surface area (Å²) in [6.45, 7) is 0. The van der Waals surface area contributed by atoms with Gasteiger partial charge in [-0.15, -0.1) is 0 Å². The molecule has 0 spiro atoms. The van der Waals surface area contributed by atoms with Gasteiger partial charge < -0.3 is 0 Å². The maximum absolute atomic E-state index is 5.81. The Morgan fingerprint density at radius 3 is 1.44 bits per heavy atom. The van der Waals surface area contributed by atoms with Gasteiger partial charge in [-0.1, -0.05) is 0 Å². The van der Waals surface area contributed by atoms with E-state index in [2.05, 4.69) is 38.0 Å². The third kappa shape index (κ3) is 3.20. The van der Waals surface area contributed by atoms with Crippen LogP contribution in [0.25, 0.3) is 0 Å². The second-order valence-electron chi connectivity index (χ2n) is 2.56. The zero-order valence-electron chi connectivity index (χ0n) is 6.56. The predicted octanol–water partition coefficient (Wildman–Crippen LogP) is -0.284. The number of nitrogens with zero attached hydrogens (tertiary/aromatic N) is 2. The smallest absolute Gasteiger partial charge is 0.160 e. The van der Waals surface area contributed by atoms with Gasteiger partial charge in [-0.25, -0.2) is 0 Å². The summed E-state index contributed by atoms with van der Waals surface area (Å²) in [6.07, 6.45) is 0.